The molecule has 1 aliphatic rings. The van der Waals surface area contributed by atoms with Crippen LogP contribution >= 0.6 is 0 Å². The Morgan fingerprint density at radius 3 is 2.47 bits per heavy atom. The highest BCUT2D eigenvalue weighted by Crippen LogP contribution is 2.16. The molecule has 7 heteroatoms. The van der Waals surface area contributed by atoms with Crippen molar-refractivity contribution in [2.45, 2.75) is 6.04 Å². The van der Waals surface area contributed by atoms with E-state index < -0.39 is 4.92 Å². The van der Waals surface area contributed by atoms with Gasteiger partial charge >= 0.3 is 6.03 Å². The molecule has 0 spiro atoms. The molecule has 1 heterocycles. The predicted molar refractivity (Wildman–Crippen MR) is 61.7 cm³/mol. The quantitative estimate of drug-likeness (QED) is 0.584. The third-order valence-corrected chi connectivity index (χ3v) is 2.53. The lowest BCUT2D eigenvalue weighted by Crippen LogP contribution is -2.58. The minimum atomic E-state index is -0.486. The van der Waals surface area contributed by atoms with E-state index in [4.69, 9.17) is 5.73 Å². The highest BCUT2D eigenvalue weighted by atomic mass is 16.6. The Hall–Kier alpha value is -2.15. The average Bonchev–Trinajstić information content (AvgIpc) is 2.25. The zero-order chi connectivity index (χ0) is 12.4. The number of anilines is 1. The molecule has 1 aliphatic heterocycles. The monoisotopic (exact) mass is 236 g/mol. The van der Waals surface area contributed by atoms with E-state index in [9.17, 15) is 14.9 Å². The van der Waals surface area contributed by atoms with Crippen LogP contribution in [0.2, 0.25) is 0 Å². The van der Waals surface area contributed by atoms with Crippen LogP contribution in [0.1, 0.15) is 0 Å². The average molecular weight is 236 g/mol. The van der Waals surface area contributed by atoms with Gasteiger partial charge in [-0.15, -0.1) is 0 Å². The van der Waals surface area contributed by atoms with Crippen LogP contribution in [0.25, 0.3) is 0 Å². The molecule has 1 saturated heterocycles. The third kappa shape index (κ3) is 2.51. The van der Waals surface area contributed by atoms with E-state index in [1.165, 1.54) is 24.3 Å². The number of likely N-dealkylation sites (tertiary alicyclic amines) is 1. The lowest BCUT2D eigenvalue weighted by atomic mass is 10.1. The molecule has 0 bridgehead atoms. The van der Waals surface area contributed by atoms with Gasteiger partial charge in [0.05, 0.1) is 4.92 Å². The van der Waals surface area contributed by atoms with Crippen LogP contribution in [-0.2, 0) is 0 Å². The fourth-order valence-electron chi connectivity index (χ4n) is 1.55. The van der Waals surface area contributed by atoms with Crippen LogP contribution in [0.15, 0.2) is 24.3 Å². The minimum Gasteiger partial charge on any atom is -0.325 e. The van der Waals surface area contributed by atoms with E-state index in [1.807, 2.05) is 0 Å². The van der Waals surface area contributed by atoms with Crippen molar-refractivity contribution in [1.82, 2.24) is 4.90 Å². The summed E-state index contributed by atoms with van der Waals surface area (Å²) in [6.07, 6.45) is 0. The van der Waals surface area contributed by atoms with Crippen molar-refractivity contribution in [3.63, 3.8) is 0 Å². The van der Waals surface area contributed by atoms with Gasteiger partial charge in [-0.2, -0.15) is 0 Å². The van der Waals surface area contributed by atoms with Gasteiger partial charge in [0, 0.05) is 37.0 Å². The number of nitrogens with one attached hydrogen (secondary N) is 1. The van der Waals surface area contributed by atoms with Crippen LogP contribution in [0.5, 0.6) is 0 Å². The number of carbonyl (C=O) groups excluding carboxylic acids is 1. The van der Waals surface area contributed by atoms with Crippen molar-refractivity contribution < 1.29 is 9.72 Å². The van der Waals surface area contributed by atoms with Crippen LogP contribution in [-0.4, -0.2) is 35.0 Å². The predicted octanol–water partition coefficient (Wildman–Crippen LogP) is 0.770. The maximum absolute atomic E-state index is 11.6. The van der Waals surface area contributed by atoms with Crippen molar-refractivity contribution in [1.29, 1.82) is 0 Å². The Morgan fingerprint density at radius 1 is 1.41 bits per heavy atom. The Labute approximate surface area is 97.3 Å². The number of nitro groups is 1. The number of nitrogens with two attached hydrogens (primary N) is 1. The van der Waals surface area contributed by atoms with Gasteiger partial charge in [-0.3, -0.25) is 10.1 Å². The second-order valence-electron chi connectivity index (χ2n) is 3.90. The molecule has 2 rings (SSSR count). The van der Waals surface area contributed by atoms with Gasteiger partial charge in [0.2, 0.25) is 0 Å². The standard InChI is InChI=1S/C10H12N4O3/c11-7-5-13(6-7)10(15)12-8-1-3-9(4-2-8)14(16)17/h1-4,7H,5-6,11H2,(H,12,15). The fraction of sp³-hybridized carbons (Fsp3) is 0.300. The molecule has 1 aromatic carbocycles. The van der Waals surface area contributed by atoms with E-state index in [0.29, 0.717) is 18.8 Å². The number of hydrogen-bond acceptors (Lipinski definition) is 4. The number of hydrogen-bond donors (Lipinski definition) is 2. The van der Waals surface area contributed by atoms with E-state index in [-0.39, 0.29) is 17.8 Å². The number of non-ortho nitro benzene ring substituents is 1. The molecule has 1 aromatic rings. The summed E-state index contributed by atoms with van der Waals surface area (Å²) in [6.45, 7) is 1.08. The van der Waals surface area contributed by atoms with Crippen LogP contribution in [0, 0.1) is 10.1 Å². The van der Waals surface area contributed by atoms with Gasteiger partial charge < -0.3 is 16.0 Å². The number of benzene rings is 1. The van der Waals surface area contributed by atoms with E-state index in [2.05, 4.69) is 5.32 Å². The topological polar surface area (TPSA) is 102 Å². The van der Waals surface area contributed by atoms with Crippen molar-refractivity contribution in [2.75, 3.05) is 18.4 Å². The maximum atomic E-state index is 11.6. The Kier molecular flexibility index (Phi) is 2.92. The summed E-state index contributed by atoms with van der Waals surface area (Å²) in [5.74, 6) is 0. The SMILES string of the molecule is NC1CN(C(=O)Nc2ccc([N+](=O)[O-])cc2)C1. The van der Waals surface area contributed by atoms with E-state index >= 15 is 0 Å². The molecular formula is C10H12N4O3. The molecule has 0 unspecified atom stereocenters. The molecule has 7 nitrogen and oxygen atoms in total. The molecule has 0 saturated carbocycles. The Morgan fingerprint density at radius 2 is 2.00 bits per heavy atom. The molecule has 90 valence electrons. The molecule has 2 amide bonds. The summed E-state index contributed by atoms with van der Waals surface area (Å²) < 4.78 is 0. The largest absolute Gasteiger partial charge is 0.325 e. The Bertz CT molecular complexity index is 439. The molecule has 17 heavy (non-hydrogen) atoms. The van der Waals surface area contributed by atoms with Crippen LogP contribution in [0.3, 0.4) is 0 Å². The molecule has 0 aliphatic carbocycles. The molecule has 0 radical (unpaired) electrons. The van der Waals surface area contributed by atoms with Crippen LogP contribution < -0.4 is 11.1 Å². The molecule has 3 N–H and O–H groups in total. The first-order valence-corrected chi connectivity index (χ1v) is 5.12. The summed E-state index contributed by atoms with van der Waals surface area (Å²) in [5, 5.41) is 13.1. The maximum Gasteiger partial charge on any atom is 0.321 e. The second kappa shape index (κ2) is 4.38. The molecule has 1 fully saturated rings. The van der Waals surface area contributed by atoms with Gasteiger partial charge in [-0.05, 0) is 12.1 Å². The zero-order valence-electron chi connectivity index (χ0n) is 9.00. The normalized spacial score (nSPS) is 15.2. The second-order valence-corrected chi connectivity index (χ2v) is 3.90. The number of amides is 2. The van der Waals surface area contributed by atoms with Crippen molar-refractivity contribution in [2.24, 2.45) is 5.73 Å². The van der Waals surface area contributed by atoms with Gasteiger partial charge in [0.25, 0.3) is 5.69 Å². The molecular weight excluding hydrogens is 224 g/mol. The highest BCUT2D eigenvalue weighted by molar-refractivity contribution is 5.90. The van der Waals surface area contributed by atoms with E-state index in [1.54, 1.807) is 4.90 Å². The number of nitrogens with zero attached hydrogens (tertiary/aromatic N) is 2. The molecule has 0 atom stereocenters. The number of rotatable bonds is 2. The first-order valence-electron chi connectivity index (χ1n) is 5.12. The molecule has 0 aromatic heterocycles. The number of carbonyl (C=O) groups is 1. The lowest BCUT2D eigenvalue weighted by molar-refractivity contribution is -0.384. The van der Waals surface area contributed by atoms with Crippen molar-refractivity contribution in [3.05, 3.63) is 34.4 Å². The fourth-order valence-corrected chi connectivity index (χ4v) is 1.55. The van der Waals surface area contributed by atoms with Crippen LogP contribution in [0.4, 0.5) is 16.2 Å². The van der Waals surface area contributed by atoms with Crippen molar-refractivity contribution in [3.8, 4) is 0 Å². The lowest BCUT2D eigenvalue weighted by Gasteiger charge is -2.36. The summed E-state index contributed by atoms with van der Waals surface area (Å²) in [4.78, 5) is 23.1. The first kappa shape index (κ1) is 11.3. The summed E-state index contributed by atoms with van der Waals surface area (Å²) >= 11 is 0. The van der Waals surface area contributed by atoms with Crippen molar-refractivity contribution >= 4 is 17.4 Å². The smallest absolute Gasteiger partial charge is 0.321 e. The van der Waals surface area contributed by atoms with Gasteiger partial charge in [-0.1, -0.05) is 0 Å². The number of nitro benzene ring substituents is 1. The van der Waals surface area contributed by atoms with E-state index in [0.717, 1.165) is 0 Å². The zero-order valence-corrected chi connectivity index (χ0v) is 9.00. The Balaban J connectivity index is 1.95. The first-order chi connectivity index (χ1) is 8.06. The van der Waals surface area contributed by atoms with Gasteiger partial charge in [0.15, 0.2) is 0 Å². The summed E-state index contributed by atoms with van der Waals surface area (Å²) in [5.41, 5.74) is 6.08. The highest BCUT2D eigenvalue weighted by Gasteiger charge is 2.27. The third-order valence-electron chi connectivity index (χ3n) is 2.53. The number of urea groups is 1. The van der Waals surface area contributed by atoms with Gasteiger partial charge in [-0.25, -0.2) is 4.79 Å². The van der Waals surface area contributed by atoms with Gasteiger partial charge in [0.1, 0.15) is 0 Å². The minimum absolute atomic E-state index is 0.00558. The summed E-state index contributed by atoms with van der Waals surface area (Å²) in [7, 11) is 0. The summed E-state index contributed by atoms with van der Waals surface area (Å²) in [6, 6.07) is 5.50.